The average molecular weight is 819 g/mol. The van der Waals surface area contributed by atoms with E-state index >= 15 is 0 Å². The van der Waals surface area contributed by atoms with Gasteiger partial charge in [0.2, 0.25) is 0 Å². The Morgan fingerprint density at radius 3 is 1.47 bits per heavy atom. The molecule has 0 amide bonds. The number of para-hydroxylation sites is 1. The van der Waals surface area contributed by atoms with Crippen LogP contribution in [0.25, 0.3) is 106 Å². The van der Waals surface area contributed by atoms with E-state index in [0.29, 0.717) is 28.5 Å². The number of hydrogen-bond donors (Lipinski definition) is 0. The molecule has 0 N–H and O–H groups in total. The smallest absolute Gasteiger partial charge is 0.162 e. The van der Waals surface area contributed by atoms with Crippen LogP contribution in [0.3, 0.4) is 0 Å². The molecule has 0 saturated carbocycles. The number of rotatable bonds is 8. The lowest BCUT2D eigenvalue weighted by Gasteiger charge is -2.20. The van der Waals surface area contributed by atoms with Gasteiger partial charge < -0.3 is 4.57 Å². The molecule has 6 heteroatoms. The van der Waals surface area contributed by atoms with Crippen LogP contribution in [0.4, 0.5) is 0 Å². The van der Waals surface area contributed by atoms with Gasteiger partial charge in [-0.2, -0.15) is 5.26 Å². The fourth-order valence-electron chi connectivity index (χ4n) is 8.72. The molecule has 8 aromatic carbocycles. The van der Waals surface area contributed by atoms with Crippen molar-refractivity contribution in [2.75, 3.05) is 0 Å². The highest BCUT2D eigenvalue weighted by molar-refractivity contribution is 6.11. The molecular formula is C58H38N6. The monoisotopic (exact) mass is 818 g/mol. The maximum absolute atomic E-state index is 10.9. The first-order valence-electron chi connectivity index (χ1n) is 21.3. The van der Waals surface area contributed by atoms with Gasteiger partial charge in [-0.15, -0.1) is 0 Å². The van der Waals surface area contributed by atoms with Crippen molar-refractivity contribution in [3.05, 3.63) is 223 Å². The van der Waals surface area contributed by atoms with Crippen molar-refractivity contribution in [2.45, 2.75) is 6.92 Å². The zero-order valence-electron chi connectivity index (χ0n) is 34.9. The Labute approximate surface area is 371 Å². The SMILES string of the molecule is Cc1ccccc1-c1ccc2c3ccccc3n(-c3c(-c4cc(-c5ccccc5)nc(-c5ccccc5)n4)cc(C#N)cc3-c3nc(-c4ccccc4)cc(-c4ccccc4)n3)c2c1. The van der Waals surface area contributed by atoms with E-state index in [0.717, 1.165) is 83.5 Å². The topological polar surface area (TPSA) is 80.3 Å². The summed E-state index contributed by atoms with van der Waals surface area (Å²) < 4.78 is 2.32. The highest BCUT2D eigenvalue weighted by Gasteiger charge is 2.25. The first-order valence-corrected chi connectivity index (χ1v) is 21.3. The van der Waals surface area contributed by atoms with Gasteiger partial charge in [-0.05, 0) is 60.0 Å². The van der Waals surface area contributed by atoms with Crippen LogP contribution < -0.4 is 0 Å². The van der Waals surface area contributed by atoms with Gasteiger partial charge in [0, 0.05) is 44.2 Å². The molecule has 3 heterocycles. The summed E-state index contributed by atoms with van der Waals surface area (Å²) in [5, 5.41) is 13.1. The fraction of sp³-hybridized carbons (Fsp3) is 0.0172. The number of fused-ring (bicyclic) bond motifs is 3. The van der Waals surface area contributed by atoms with Crippen LogP contribution in [0.5, 0.6) is 0 Å². The van der Waals surface area contributed by atoms with Crippen molar-refractivity contribution in [1.29, 1.82) is 5.26 Å². The second kappa shape index (κ2) is 16.2. The summed E-state index contributed by atoms with van der Waals surface area (Å²) >= 11 is 0. The Hall–Kier alpha value is -8.79. The van der Waals surface area contributed by atoms with Crippen LogP contribution in [0, 0.1) is 18.3 Å². The average Bonchev–Trinajstić information content (AvgIpc) is 3.70. The largest absolute Gasteiger partial charge is 0.308 e. The quantitative estimate of drug-likeness (QED) is 0.153. The molecule has 0 bridgehead atoms. The van der Waals surface area contributed by atoms with E-state index < -0.39 is 0 Å². The van der Waals surface area contributed by atoms with Gasteiger partial charge >= 0.3 is 0 Å². The molecule has 0 aliphatic heterocycles. The summed E-state index contributed by atoms with van der Waals surface area (Å²) in [6, 6.07) is 74.8. The van der Waals surface area contributed by atoms with Crippen LogP contribution in [-0.4, -0.2) is 24.5 Å². The predicted octanol–water partition coefficient (Wildman–Crippen LogP) is 14.2. The molecular weight excluding hydrogens is 781 g/mol. The number of nitrogens with zero attached hydrogens (tertiary/aromatic N) is 6. The molecule has 0 radical (unpaired) electrons. The number of benzene rings is 8. The Morgan fingerprint density at radius 2 is 0.859 bits per heavy atom. The maximum atomic E-state index is 10.9. The minimum Gasteiger partial charge on any atom is -0.308 e. The minimum atomic E-state index is 0.450. The third kappa shape index (κ3) is 6.97. The van der Waals surface area contributed by atoms with Crippen molar-refractivity contribution in [1.82, 2.24) is 24.5 Å². The molecule has 64 heavy (non-hydrogen) atoms. The van der Waals surface area contributed by atoms with Crippen molar-refractivity contribution in [3.63, 3.8) is 0 Å². The van der Waals surface area contributed by atoms with Gasteiger partial charge in [-0.25, -0.2) is 19.9 Å². The lowest BCUT2D eigenvalue weighted by Crippen LogP contribution is -2.06. The van der Waals surface area contributed by atoms with Crippen LogP contribution in [0.15, 0.2) is 212 Å². The van der Waals surface area contributed by atoms with Gasteiger partial charge in [-0.1, -0.05) is 176 Å². The van der Waals surface area contributed by atoms with E-state index in [4.69, 9.17) is 19.9 Å². The lowest BCUT2D eigenvalue weighted by atomic mass is 9.97. The second-order valence-corrected chi connectivity index (χ2v) is 15.8. The van der Waals surface area contributed by atoms with Gasteiger partial charge in [-0.3, -0.25) is 0 Å². The van der Waals surface area contributed by atoms with E-state index in [9.17, 15) is 5.26 Å². The number of nitriles is 1. The third-order valence-corrected chi connectivity index (χ3v) is 11.8. The summed E-state index contributed by atoms with van der Waals surface area (Å²) in [6.07, 6.45) is 0. The van der Waals surface area contributed by atoms with E-state index in [1.54, 1.807) is 0 Å². The molecule has 11 rings (SSSR count). The Morgan fingerprint density at radius 1 is 0.375 bits per heavy atom. The number of aryl methyl sites for hydroxylation is 1. The summed E-state index contributed by atoms with van der Waals surface area (Å²) in [4.78, 5) is 21.3. The highest BCUT2D eigenvalue weighted by Crippen LogP contribution is 2.44. The molecule has 300 valence electrons. The molecule has 6 nitrogen and oxygen atoms in total. The van der Waals surface area contributed by atoms with E-state index in [1.807, 2.05) is 109 Å². The van der Waals surface area contributed by atoms with Crippen molar-refractivity contribution in [2.24, 2.45) is 0 Å². The van der Waals surface area contributed by atoms with E-state index in [1.165, 1.54) is 5.56 Å². The van der Waals surface area contributed by atoms with Crippen LogP contribution in [-0.2, 0) is 0 Å². The Balaban J connectivity index is 1.30. The van der Waals surface area contributed by atoms with Crippen LogP contribution in [0.1, 0.15) is 11.1 Å². The molecule has 0 saturated heterocycles. The third-order valence-electron chi connectivity index (χ3n) is 11.8. The normalized spacial score (nSPS) is 11.2. The maximum Gasteiger partial charge on any atom is 0.162 e. The molecule has 0 atom stereocenters. The van der Waals surface area contributed by atoms with Gasteiger partial charge in [0.1, 0.15) is 0 Å². The Kier molecular flexibility index (Phi) is 9.68. The molecule has 0 aliphatic carbocycles. The number of hydrogen-bond acceptors (Lipinski definition) is 5. The standard InChI is InChI=1S/C58H38N6/c1-38-18-14-15-27-45(38)44-30-31-47-46-28-16-17-29-54(46)64(55(47)34-44)56-48(53-36-52(42-23-10-4-11-24-42)60-57(63-53)43-25-12-5-13-26-43)32-39(37-59)33-49(56)58-61-50(40-19-6-2-7-20-40)35-51(62-58)41-21-8-3-9-22-41/h2-36H,1H3. The molecule has 11 aromatic rings. The minimum absolute atomic E-state index is 0.450. The van der Waals surface area contributed by atoms with Crippen LogP contribution in [0.2, 0.25) is 0 Å². The van der Waals surface area contributed by atoms with E-state index in [2.05, 4.69) is 121 Å². The summed E-state index contributed by atoms with van der Waals surface area (Å²) in [7, 11) is 0. The zero-order chi connectivity index (χ0) is 43.0. The Bertz CT molecular complexity index is 3290. The molecule has 0 aliphatic rings. The van der Waals surface area contributed by atoms with Crippen molar-refractivity contribution >= 4 is 21.8 Å². The van der Waals surface area contributed by atoms with Crippen LogP contribution >= 0.6 is 0 Å². The van der Waals surface area contributed by atoms with Crippen molar-refractivity contribution < 1.29 is 0 Å². The van der Waals surface area contributed by atoms with Gasteiger partial charge in [0.15, 0.2) is 11.6 Å². The van der Waals surface area contributed by atoms with Gasteiger partial charge in [0.25, 0.3) is 0 Å². The second-order valence-electron chi connectivity index (χ2n) is 15.8. The zero-order valence-corrected chi connectivity index (χ0v) is 34.9. The predicted molar refractivity (Wildman–Crippen MR) is 259 cm³/mol. The number of aromatic nitrogens is 5. The molecule has 0 unspecified atom stereocenters. The summed E-state index contributed by atoms with van der Waals surface area (Å²) in [5.41, 5.74) is 14.8. The molecule has 0 fully saturated rings. The van der Waals surface area contributed by atoms with Crippen molar-refractivity contribution in [3.8, 4) is 90.7 Å². The summed E-state index contributed by atoms with van der Waals surface area (Å²) in [5.74, 6) is 1.06. The first kappa shape index (κ1) is 38.2. The van der Waals surface area contributed by atoms with E-state index in [-0.39, 0.29) is 0 Å². The molecule has 0 spiro atoms. The highest BCUT2D eigenvalue weighted by atomic mass is 15.0. The lowest BCUT2D eigenvalue weighted by molar-refractivity contribution is 1.13. The first-order chi connectivity index (χ1) is 31.6. The van der Waals surface area contributed by atoms with Gasteiger partial charge in [0.05, 0.1) is 51.1 Å². The molecule has 3 aromatic heterocycles. The fourth-order valence-corrected chi connectivity index (χ4v) is 8.72. The summed E-state index contributed by atoms with van der Waals surface area (Å²) in [6.45, 7) is 2.15.